The zero-order chi connectivity index (χ0) is 14.3. The number of rotatable bonds is 7. The van der Waals surface area contributed by atoms with Gasteiger partial charge < -0.3 is 14.8 Å². The molecule has 0 heterocycles. The minimum absolute atomic E-state index is 0.167. The molecule has 1 aromatic rings. The summed E-state index contributed by atoms with van der Waals surface area (Å²) in [7, 11) is 1.58. The van der Waals surface area contributed by atoms with Crippen LogP contribution in [0.5, 0.6) is 11.5 Å². The number of hydrogen-bond donors (Lipinski definition) is 1. The number of methoxy groups -OCH3 is 1. The van der Waals surface area contributed by atoms with E-state index >= 15 is 0 Å². The molecule has 19 heavy (non-hydrogen) atoms. The summed E-state index contributed by atoms with van der Waals surface area (Å²) < 4.78 is 10.7. The van der Waals surface area contributed by atoms with E-state index in [1.54, 1.807) is 7.11 Å². The van der Waals surface area contributed by atoms with E-state index in [1.165, 1.54) is 0 Å². The van der Waals surface area contributed by atoms with Gasteiger partial charge in [0.2, 0.25) is 0 Å². The molecule has 4 heteroatoms. The topological polar surface area (TPSA) is 30.5 Å². The largest absolute Gasteiger partial charge is 0.493 e. The first-order chi connectivity index (χ1) is 9.12. The standard InChI is InChI=1S/C15H20ClNO2/c1-5-7-19-15-13(16)8-12(9-14(15)18-4)10-17-11(3)6-2/h1,8-9,11,17H,6-7,10H2,2-4H3/t11-/m1/s1. The quantitative estimate of drug-likeness (QED) is 0.778. The van der Waals surface area contributed by atoms with Crippen LogP contribution in [0.25, 0.3) is 0 Å². The summed E-state index contributed by atoms with van der Waals surface area (Å²) in [4.78, 5) is 0. The molecule has 0 fully saturated rings. The van der Waals surface area contributed by atoms with Gasteiger partial charge in [-0.05, 0) is 31.0 Å². The molecular weight excluding hydrogens is 262 g/mol. The third kappa shape index (κ3) is 4.66. The van der Waals surface area contributed by atoms with Crippen molar-refractivity contribution in [2.75, 3.05) is 13.7 Å². The maximum Gasteiger partial charge on any atom is 0.181 e. The Hall–Kier alpha value is -1.37. The molecule has 0 aliphatic heterocycles. The van der Waals surface area contributed by atoms with Crippen LogP contribution >= 0.6 is 11.6 Å². The maximum atomic E-state index is 6.20. The first-order valence-electron chi connectivity index (χ1n) is 6.28. The lowest BCUT2D eigenvalue weighted by Crippen LogP contribution is -2.24. The number of nitrogens with one attached hydrogen (secondary N) is 1. The van der Waals surface area contributed by atoms with Gasteiger partial charge in [0.15, 0.2) is 11.5 Å². The summed E-state index contributed by atoms with van der Waals surface area (Å²) in [5.74, 6) is 3.50. The van der Waals surface area contributed by atoms with Crippen LogP contribution in [0, 0.1) is 12.3 Å². The Balaban J connectivity index is 2.86. The second-order valence-electron chi connectivity index (χ2n) is 4.29. The van der Waals surface area contributed by atoms with Gasteiger partial charge in [0, 0.05) is 12.6 Å². The maximum absolute atomic E-state index is 6.20. The number of ether oxygens (including phenoxy) is 2. The third-order valence-electron chi connectivity index (χ3n) is 2.86. The molecule has 1 N–H and O–H groups in total. The summed E-state index contributed by atoms with van der Waals surface area (Å²) >= 11 is 6.20. The highest BCUT2D eigenvalue weighted by Gasteiger charge is 2.12. The predicted octanol–water partition coefficient (Wildman–Crippen LogP) is 3.25. The van der Waals surface area contributed by atoms with Crippen molar-refractivity contribution in [3.63, 3.8) is 0 Å². The fourth-order valence-electron chi connectivity index (χ4n) is 1.57. The lowest BCUT2D eigenvalue weighted by molar-refractivity contribution is 0.330. The third-order valence-corrected chi connectivity index (χ3v) is 3.14. The molecule has 0 saturated carbocycles. The van der Waals surface area contributed by atoms with E-state index in [4.69, 9.17) is 27.5 Å². The van der Waals surface area contributed by atoms with Gasteiger partial charge in [-0.25, -0.2) is 0 Å². The van der Waals surface area contributed by atoms with Crippen LogP contribution in [0.2, 0.25) is 5.02 Å². The van der Waals surface area contributed by atoms with Crippen molar-refractivity contribution in [3.8, 4) is 23.8 Å². The van der Waals surface area contributed by atoms with Gasteiger partial charge in [-0.15, -0.1) is 6.42 Å². The molecule has 0 saturated heterocycles. The number of hydrogen-bond acceptors (Lipinski definition) is 3. The van der Waals surface area contributed by atoms with Gasteiger partial charge in [-0.2, -0.15) is 0 Å². The first-order valence-corrected chi connectivity index (χ1v) is 6.66. The van der Waals surface area contributed by atoms with Gasteiger partial charge >= 0.3 is 0 Å². The highest BCUT2D eigenvalue weighted by Crippen LogP contribution is 2.36. The number of benzene rings is 1. The lowest BCUT2D eigenvalue weighted by Gasteiger charge is -2.15. The van der Waals surface area contributed by atoms with E-state index in [2.05, 4.69) is 25.1 Å². The minimum Gasteiger partial charge on any atom is -0.493 e. The van der Waals surface area contributed by atoms with Crippen molar-refractivity contribution in [1.29, 1.82) is 0 Å². The lowest BCUT2D eigenvalue weighted by atomic mass is 10.1. The Morgan fingerprint density at radius 1 is 1.47 bits per heavy atom. The van der Waals surface area contributed by atoms with E-state index in [0.29, 0.717) is 22.6 Å². The fraction of sp³-hybridized carbons (Fsp3) is 0.467. The van der Waals surface area contributed by atoms with Crippen molar-refractivity contribution in [1.82, 2.24) is 5.32 Å². The molecule has 0 radical (unpaired) electrons. The molecule has 3 nitrogen and oxygen atoms in total. The van der Waals surface area contributed by atoms with Crippen molar-refractivity contribution in [2.45, 2.75) is 32.9 Å². The van der Waals surface area contributed by atoms with E-state index in [1.807, 2.05) is 12.1 Å². The molecule has 0 unspecified atom stereocenters. The Kier molecular flexibility index (Phi) is 6.55. The summed E-state index contributed by atoms with van der Waals surface area (Å²) in [6.45, 7) is 5.19. The average molecular weight is 282 g/mol. The monoisotopic (exact) mass is 281 g/mol. The molecule has 1 atom stereocenters. The van der Waals surface area contributed by atoms with E-state index in [-0.39, 0.29) is 6.61 Å². The van der Waals surface area contributed by atoms with E-state index < -0.39 is 0 Å². The highest BCUT2D eigenvalue weighted by molar-refractivity contribution is 6.32. The van der Waals surface area contributed by atoms with Crippen LogP contribution in [0.3, 0.4) is 0 Å². The van der Waals surface area contributed by atoms with Crippen LogP contribution in [0.1, 0.15) is 25.8 Å². The highest BCUT2D eigenvalue weighted by atomic mass is 35.5. The molecule has 1 aromatic carbocycles. The smallest absolute Gasteiger partial charge is 0.181 e. The summed E-state index contributed by atoms with van der Waals surface area (Å²) in [6, 6.07) is 4.24. The Bertz CT molecular complexity index is 454. The molecule has 0 bridgehead atoms. The summed E-state index contributed by atoms with van der Waals surface area (Å²) in [6.07, 6.45) is 6.25. The van der Waals surface area contributed by atoms with Gasteiger partial charge in [0.05, 0.1) is 12.1 Å². The van der Waals surface area contributed by atoms with Crippen LogP contribution in [0.15, 0.2) is 12.1 Å². The zero-order valence-electron chi connectivity index (χ0n) is 11.6. The van der Waals surface area contributed by atoms with Crippen LogP contribution < -0.4 is 14.8 Å². The van der Waals surface area contributed by atoms with Crippen LogP contribution in [-0.2, 0) is 6.54 Å². The van der Waals surface area contributed by atoms with Crippen LogP contribution in [0.4, 0.5) is 0 Å². The second kappa shape index (κ2) is 7.93. The Morgan fingerprint density at radius 3 is 2.79 bits per heavy atom. The van der Waals surface area contributed by atoms with Crippen LogP contribution in [-0.4, -0.2) is 19.8 Å². The van der Waals surface area contributed by atoms with Crippen molar-refractivity contribution in [3.05, 3.63) is 22.7 Å². The van der Waals surface area contributed by atoms with Gasteiger partial charge in [-0.3, -0.25) is 0 Å². The van der Waals surface area contributed by atoms with Crippen molar-refractivity contribution in [2.24, 2.45) is 0 Å². The molecule has 0 amide bonds. The molecule has 0 spiro atoms. The van der Waals surface area contributed by atoms with Crippen molar-refractivity contribution >= 4 is 11.6 Å². The van der Waals surface area contributed by atoms with Gasteiger partial charge in [0.1, 0.15) is 6.61 Å². The molecular formula is C15H20ClNO2. The number of terminal acetylenes is 1. The van der Waals surface area contributed by atoms with Gasteiger partial charge in [0.25, 0.3) is 0 Å². The molecule has 0 aromatic heterocycles. The molecule has 1 rings (SSSR count). The second-order valence-corrected chi connectivity index (χ2v) is 4.70. The molecule has 0 aliphatic rings. The summed E-state index contributed by atoms with van der Waals surface area (Å²) in [5.41, 5.74) is 1.05. The zero-order valence-corrected chi connectivity index (χ0v) is 12.4. The fourth-order valence-corrected chi connectivity index (χ4v) is 1.85. The Morgan fingerprint density at radius 2 is 2.21 bits per heavy atom. The van der Waals surface area contributed by atoms with Gasteiger partial charge in [-0.1, -0.05) is 24.4 Å². The minimum atomic E-state index is 0.167. The summed E-state index contributed by atoms with van der Waals surface area (Å²) in [5, 5.41) is 3.91. The van der Waals surface area contributed by atoms with E-state index in [9.17, 15) is 0 Å². The Labute approximate surface area is 120 Å². The normalized spacial score (nSPS) is 11.7. The molecule has 0 aliphatic carbocycles. The SMILES string of the molecule is C#CCOc1c(Cl)cc(CN[C@H](C)CC)cc1OC. The van der Waals surface area contributed by atoms with Crippen molar-refractivity contribution < 1.29 is 9.47 Å². The van der Waals surface area contributed by atoms with E-state index in [0.717, 1.165) is 18.5 Å². The first kappa shape index (κ1) is 15.7. The predicted molar refractivity (Wildman–Crippen MR) is 78.9 cm³/mol. The average Bonchev–Trinajstić information content (AvgIpc) is 2.42. The number of halogens is 1. The molecule has 104 valence electrons.